The highest BCUT2D eigenvalue weighted by atomic mass is 31.2. The predicted octanol–water partition coefficient (Wildman–Crippen LogP) is 18.1. The highest BCUT2D eigenvalue weighted by Crippen LogP contribution is 2.38. The maximum absolute atomic E-state index is 12.8. The summed E-state index contributed by atoms with van der Waals surface area (Å²) in [4.78, 5) is 37.9. The molecule has 71 heavy (non-hydrogen) atoms. The second-order valence-corrected chi connectivity index (χ2v) is 23.1. The Hall–Kier alpha value is -1.77. The first kappa shape index (κ1) is 69.2. The van der Waals surface area contributed by atoms with Crippen LogP contribution >= 0.6 is 7.82 Å². The van der Waals surface area contributed by atoms with Crippen molar-refractivity contribution in [2.24, 2.45) is 0 Å². The average Bonchev–Trinajstić information content (AvgIpc) is 3.33. The second-order valence-electron chi connectivity index (χ2n) is 21.7. The number of hydrogen-bond donors (Lipinski definition) is 0. The predicted molar refractivity (Wildman–Crippen MR) is 301 cm³/mol. The van der Waals surface area contributed by atoms with Gasteiger partial charge in [0, 0.05) is 12.8 Å². The van der Waals surface area contributed by atoms with Crippen LogP contribution in [0.4, 0.5) is 0 Å². The molecule has 9 nitrogen and oxygen atoms in total. The van der Waals surface area contributed by atoms with Gasteiger partial charge < -0.3 is 27.9 Å². The van der Waals surface area contributed by atoms with Crippen LogP contribution < -0.4 is 4.89 Å². The van der Waals surface area contributed by atoms with Crippen LogP contribution in [0.15, 0.2) is 36.5 Å². The summed E-state index contributed by atoms with van der Waals surface area (Å²) in [5.74, 6) is -0.825. The van der Waals surface area contributed by atoms with Crippen LogP contribution in [0.2, 0.25) is 0 Å². The topological polar surface area (TPSA) is 111 Å². The number of rotatable bonds is 56. The van der Waals surface area contributed by atoms with Crippen molar-refractivity contribution >= 4 is 19.8 Å². The molecule has 0 bridgehead atoms. The van der Waals surface area contributed by atoms with Crippen molar-refractivity contribution in [3.8, 4) is 0 Å². The van der Waals surface area contributed by atoms with E-state index in [9.17, 15) is 19.0 Å². The van der Waals surface area contributed by atoms with E-state index in [1.807, 2.05) is 21.1 Å². The first-order chi connectivity index (χ1) is 34.5. The Morgan fingerprint density at radius 3 is 1.13 bits per heavy atom. The van der Waals surface area contributed by atoms with Gasteiger partial charge >= 0.3 is 11.9 Å². The van der Waals surface area contributed by atoms with E-state index in [1.54, 1.807) is 0 Å². The fourth-order valence-electron chi connectivity index (χ4n) is 8.68. The number of phosphoric acid groups is 1. The molecule has 0 aromatic carbocycles. The number of esters is 2. The van der Waals surface area contributed by atoms with E-state index >= 15 is 0 Å². The lowest BCUT2D eigenvalue weighted by Gasteiger charge is -2.28. The molecule has 0 amide bonds. The number of likely N-dealkylation sites (N-methyl/N-ethyl adjacent to an activating group) is 1. The number of carbonyl (C=O) groups excluding carboxylic acids is 2. The largest absolute Gasteiger partial charge is 0.756 e. The Morgan fingerprint density at radius 2 is 0.761 bits per heavy atom. The molecule has 0 saturated heterocycles. The van der Waals surface area contributed by atoms with E-state index in [-0.39, 0.29) is 32.0 Å². The van der Waals surface area contributed by atoms with Crippen LogP contribution in [0, 0.1) is 0 Å². The summed E-state index contributed by atoms with van der Waals surface area (Å²) in [6.45, 7) is 4.26. The summed E-state index contributed by atoms with van der Waals surface area (Å²) >= 11 is 0. The molecular formula is C61H116NO8P. The van der Waals surface area contributed by atoms with Crippen LogP contribution in [0.5, 0.6) is 0 Å². The summed E-state index contributed by atoms with van der Waals surface area (Å²) in [6.07, 6.45) is 64.8. The second kappa shape index (κ2) is 53.1. The Morgan fingerprint density at radius 1 is 0.437 bits per heavy atom. The van der Waals surface area contributed by atoms with Crippen molar-refractivity contribution in [1.82, 2.24) is 0 Å². The lowest BCUT2D eigenvalue weighted by atomic mass is 10.0. The summed E-state index contributed by atoms with van der Waals surface area (Å²) in [5.41, 5.74) is 0. The van der Waals surface area contributed by atoms with Gasteiger partial charge in [0.25, 0.3) is 7.82 Å². The molecule has 0 aromatic rings. The van der Waals surface area contributed by atoms with Gasteiger partial charge in [-0.25, -0.2) is 0 Å². The molecule has 0 saturated carbocycles. The van der Waals surface area contributed by atoms with Crippen LogP contribution in [-0.4, -0.2) is 70.0 Å². The lowest BCUT2D eigenvalue weighted by molar-refractivity contribution is -0.870. The number of nitrogens with zero attached hydrogens (tertiary/aromatic N) is 1. The number of quaternary nitrogens is 1. The Balaban J connectivity index is 4.08. The third-order valence-corrected chi connectivity index (χ3v) is 14.3. The number of unbranched alkanes of at least 4 members (excludes halogenated alkanes) is 36. The number of hydrogen-bond acceptors (Lipinski definition) is 8. The van der Waals surface area contributed by atoms with Gasteiger partial charge in [-0.15, -0.1) is 0 Å². The van der Waals surface area contributed by atoms with Crippen molar-refractivity contribution in [2.75, 3.05) is 47.5 Å². The van der Waals surface area contributed by atoms with Crippen LogP contribution in [0.25, 0.3) is 0 Å². The van der Waals surface area contributed by atoms with E-state index in [1.165, 1.54) is 205 Å². The van der Waals surface area contributed by atoms with Gasteiger partial charge in [0.15, 0.2) is 6.10 Å². The van der Waals surface area contributed by atoms with Gasteiger partial charge in [0.1, 0.15) is 19.8 Å². The van der Waals surface area contributed by atoms with Gasteiger partial charge in [-0.3, -0.25) is 14.2 Å². The molecule has 0 N–H and O–H groups in total. The van der Waals surface area contributed by atoms with Crippen LogP contribution in [0.3, 0.4) is 0 Å². The molecule has 0 rings (SSSR count). The molecule has 2 unspecified atom stereocenters. The van der Waals surface area contributed by atoms with Gasteiger partial charge in [0.05, 0.1) is 27.7 Å². The molecule has 0 radical (unpaired) electrons. The number of phosphoric ester groups is 1. The Labute approximate surface area is 440 Å². The minimum atomic E-state index is -4.63. The fourth-order valence-corrected chi connectivity index (χ4v) is 9.41. The highest BCUT2D eigenvalue weighted by Gasteiger charge is 2.22. The Bertz CT molecular complexity index is 1300. The average molecular weight is 1020 g/mol. The van der Waals surface area contributed by atoms with Crippen LogP contribution in [-0.2, 0) is 32.7 Å². The minimum Gasteiger partial charge on any atom is -0.756 e. The third-order valence-electron chi connectivity index (χ3n) is 13.4. The molecule has 0 aliphatic heterocycles. The minimum absolute atomic E-state index is 0.0299. The number of carbonyl (C=O) groups is 2. The molecule has 0 fully saturated rings. The SMILES string of the molecule is CCCCCCC/C=C\C/C=C\CCCCCCCCCCCCCCCCCCCC(=O)OC(COC(=O)CCCCCCCCC/C=C\CCCCCCCCC)COP(=O)([O-])OCC[N+](C)(C)C. The monoisotopic (exact) mass is 1020 g/mol. The van der Waals surface area contributed by atoms with Gasteiger partial charge in [-0.05, 0) is 70.6 Å². The van der Waals surface area contributed by atoms with Gasteiger partial charge in [-0.1, -0.05) is 243 Å². The zero-order valence-corrected chi connectivity index (χ0v) is 48.3. The van der Waals surface area contributed by atoms with E-state index in [0.29, 0.717) is 17.4 Å². The van der Waals surface area contributed by atoms with E-state index in [2.05, 4.69) is 50.3 Å². The van der Waals surface area contributed by atoms with Gasteiger partial charge in [0.2, 0.25) is 0 Å². The zero-order chi connectivity index (χ0) is 52.0. The molecule has 10 heteroatoms. The fraction of sp³-hybridized carbons (Fsp3) is 0.869. The summed E-state index contributed by atoms with van der Waals surface area (Å²) in [5, 5.41) is 0. The van der Waals surface area contributed by atoms with Gasteiger partial charge in [-0.2, -0.15) is 0 Å². The molecule has 0 spiro atoms. The summed E-state index contributed by atoms with van der Waals surface area (Å²) < 4.78 is 34.2. The third kappa shape index (κ3) is 57.4. The Kier molecular flexibility index (Phi) is 51.7. The van der Waals surface area contributed by atoms with Crippen molar-refractivity contribution in [3.63, 3.8) is 0 Å². The molecule has 0 heterocycles. The van der Waals surface area contributed by atoms with Crippen LogP contribution in [0.1, 0.15) is 290 Å². The maximum Gasteiger partial charge on any atom is 0.306 e. The first-order valence-corrected chi connectivity index (χ1v) is 31.7. The van der Waals surface area contributed by atoms with Crippen molar-refractivity contribution in [2.45, 2.75) is 296 Å². The van der Waals surface area contributed by atoms with E-state index in [0.717, 1.165) is 51.4 Å². The molecule has 0 aromatic heterocycles. The zero-order valence-electron chi connectivity index (χ0n) is 47.4. The van der Waals surface area contributed by atoms with Crippen molar-refractivity contribution in [1.29, 1.82) is 0 Å². The number of ether oxygens (including phenoxy) is 2. The highest BCUT2D eigenvalue weighted by molar-refractivity contribution is 7.45. The maximum atomic E-state index is 12.8. The van der Waals surface area contributed by atoms with Crippen molar-refractivity contribution in [3.05, 3.63) is 36.5 Å². The molecule has 0 aliphatic rings. The first-order valence-electron chi connectivity index (χ1n) is 30.2. The molecule has 0 aliphatic carbocycles. The van der Waals surface area contributed by atoms with E-state index < -0.39 is 26.5 Å². The summed E-state index contributed by atoms with van der Waals surface area (Å²) in [7, 11) is 1.17. The molecule has 418 valence electrons. The lowest BCUT2D eigenvalue weighted by Crippen LogP contribution is -2.37. The normalized spacial score (nSPS) is 13.5. The summed E-state index contributed by atoms with van der Waals surface area (Å²) in [6, 6.07) is 0. The smallest absolute Gasteiger partial charge is 0.306 e. The standard InChI is InChI=1S/C61H116NO8P/c1-6-8-10-12-14-16-18-20-22-24-26-27-28-29-30-31-32-33-34-35-36-38-40-42-44-46-48-50-52-54-61(64)70-59(58-69-71(65,66)68-56-55-62(3,4)5)57-67-60(63)53-51-49-47-45-43-41-39-37-25-23-21-19-17-15-13-11-9-7-2/h18,20,23-26,59H,6-17,19,21-22,27-58H2,1-5H3/b20-18-,25-23-,26-24-. The van der Waals surface area contributed by atoms with Crippen molar-refractivity contribution < 1.29 is 42.1 Å². The molecular weight excluding hydrogens is 906 g/mol. The molecule has 2 atom stereocenters. The van der Waals surface area contributed by atoms with E-state index in [4.69, 9.17) is 18.5 Å². The quantitative estimate of drug-likeness (QED) is 0.0195. The number of allylic oxidation sites excluding steroid dienone is 6.